The molecular formula is C11H12ClN3O. The second kappa shape index (κ2) is 4.53. The van der Waals surface area contributed by atoms with E-state index in [4.69, 9.17) is 16.0 Å². The van der Waals surface area contributed by atoms with Gasteiger partial charge in [-0.3, -0.25) is 0 Å². The number of anilines is 1. The summed E-state index contributed by atoms with van der Waals surface area (Å²) < 4.78 is 5.43. The van der Waals surface area contributed by atoms with Gasteiger partial charge < -0.3 is 9.73 Å². The van der Waals surface area contributed by atoms with Crippen molar-refractivity contribution in [3.63, 3.8) is 0 Å². The number of hydrogen-bond acceptors (Lipinski definition) is 4. The molecule has 0 aliphatic carbocycles. The van der Waals surface area contributed by atoms with Crippen LogP contribution in [0.15, 0.2) is 22.7 Å². The van der Waals surface area contributed by atoms with E-state index in [0.29, 0.717) is 23.3 Å². The Balaban J connectivity index is 2.05. The zero-order chi connectivity index (χ0) is 11.5. The molecule has 0 aliphatic heterocycles. The van der Waals surface area contributed by atoms with E-state index in [0.717, 1.165) is 11.5 Å². The Morgan fingerprint density at radius 1 is 1.44 bits per heavy atom. The smallest absolute Gasteiger partial charge is 0.213 e. The SMILES string of the molecule is Cc1nc(CNc2ncccc2Cl)oc1C. The molecule has 0 fully saturated rings. The number of pyridine rings is 1. The van der Waals surface area contributed by atoms with Crippen LogP contribution < -0.4 is 5.32 Å². The average molecular weight is 238 g/mol. The number of halogens is 1. The molecule has 16 heavy (non-hydrogen) atoms. The highest BCUT2D eigenvalue weighted by molar-refractivity contribution is 6.32. The van der Waals surface area contributed by atoms with Crippen molar-refractivity contribution in [3.8, 4) is 0 Å². The molecule has 0 saturated heterocycles. The van der Waals surface area contributed by atoms with Gasteiger partial charge in [0.2, 0.25) is 5.89 Å². The van der Waals surface area contributed by atoms with Gasteiger partial charge in [-0.05, 0) is 26.0 Å². The molecule has 0 amide bonds. The second-order valence-corrected chi connectivity index (χ2v) is 3.84. The van der Waals surface area contributed by atoms with Crippen LogP contribution in [0.5, 0.6) is 0 Å². The van der Waals surface area contributed by atoms with E-state index in [1.54, 1.807) is 18.3 Å². The lowest BCUT2D eigenvalue weighted by Gasteiger charge is -2.03. The number of rotatable bonds is 3. The van der Waals surface area contributed by atoms with Crippen molar-refractivity contribution in [1.29, 1.82) is 0 Å². The fraction of sp³-hybridized carbons (Fsp3) is 0.273. The normalized spacial score (nSPS) is 10.4. The lowest BCUT2D eigenvalue weighted by molar-refractivity contribution is 0.478. The topological polar surface area (TPSA) is 51.0 Å². The molecule has 0 atom stereocenters. The number of aromatic nitrogens is 2. The third-order valence-corrected chi connectivity index (χ3v) is 2.54. The van der Waals surface area contributed by atoms with Crippen molar-refractivity contribution in [2.45, 2.75) is 20.4 Å². The van der Waals surface area contributed by atoms with Crippen LogP contribution in [-0.4, -0.2) is 9.97 Å². The molecule has 0 unspecified atom stereocenters. The van der Waals surface area contributed by atoms with Crippen molar-refractivity contribution in [2.24, 2.45) is 0 Å². The first-order valence-electron chi connectivity index (χ1n) is 4.94. The minimum absolute atomic E-state index is 0.478. The molecule has 0 aliphatic rings. The summed E-state index contributed by atoms with van der Waals surface area (Å²) in [5.41, 5.74) is 0.906. The Kier molecular flexibility index (Phi) is 3.10. The molecule has 2 heterocycles. The molecule has 1 N–H and O–H groups in total. The van der Waals surface area contributed by atoms with Crippen LogP contribution >= 0.6 is 11.6 Å². The van der Waals surface area contributed by atoms with Crippen LogP contribution in [0.25, 0.3) is 0 Å². The molecular weight excluding hydrogens is 226 g/mol. The summed E-state index contributed by atoms with van der Waals surface area (Å²) in [6, 6.07) is 3.57. The molecule has 0 saturated carbocycles. The molecule has 2 aromatic heterocycles. The van der Waals surface area contributed by atoms with Crippen LogP contribution in [0.4, 0.5) is 5.82 Å². The van der Waals surface area contributed by atoms with Crippen LogP contribution in [0.1, 0.15) is 17.3 Å². The standard InChI is InChI=1S/C11H12ClN3O/c1-7-8(2)16-10(15-7)6-14-11-9(12)4-3-5-13-11/h3-5H,6H2,1-2H3,(H,13,14). The van der Waals surface area contributed by atoms with Crippen molar-refractivity contribution < 1.29 is 4.42 Å². The van der Waals surface area contributed by atoms with Crippen molar-refractivity contribution in [1.82, 2.24) is 9.97 Å². The fourth-order valence-electron chi connectivity index (χ4n) is 1.29. The number of nitrogens with one attached hydrogen (secondary N) is 1. The first-order valence-corrected chi connectivity index (χ1v) is 5.32. The molecule has 2 aromatic rings. The van der Waals surface area contributed by atoms with Gasteiger partial charge in [-0.15, -0.1) is 0 Å². The Morgan fingerprint density at radius 3 is 2.88 bits per heavy atom. The molecule has 0 radical (unpaired) electrons. The molecule has 0 bridgehead atoms. The Bertz CT molecular complexity index is 476. The summed E-state index contributed by atoms with van der Waals surface area (Å²) in [4.78, 5) is 8.36. The van der Waals surface area contributed by atoms with Gasteiger partial charge in [-0.1, -0.05) is 11.6 Å². The summed E-state index contributed by atoms with van der Waals surface area (Å²) in [5, 5.41) is 3.66. The predicted molar refractivity (Wildman–Crippen MR) is 62.6 cm³/mol. The Hall–Kier alpha value is -1.55. The number of aryl methyl sites for hydroxylation is 2. The summed E-state index contributed by atoms with van der Waals surface area (Å²) in [6.07, 6.45) is 1.68. The van der Waals surface area contributed by atoms with Crippen LogP contribution in [0, 0.1) is 13.8 Å². The lowest BCUT2D eigenvalue weighted by atomic mass is 10.4. The predicted octanol–water partition coefficient (Wildman–Crippen LogP) is 2.95. The van der Waals surface area contributed by atoms with Crippen LogP contribution in [0.2, 0.25) is 5.02 Å². The average Bonchev–Trinajstić information content (AvgIpc) is 2.57. The maximum Gasteiger partial charge on any atom is 0.213 e. The highest BCUT2D eigenvalue weighted by Crippen LogP contribution is 2.18. The molecule has 84 valence electrons. The Morgan fingerprint density at radius 2 is 2.25 bits per heavy atom. The minimum atomic E-state index is 0.478. The maximum atomic E-state index is 5.95. The lowest BCUT2D eigenvalue weighted by Crippen LogP contribution is -2.01. The van der Waals surface area contributed by atoms with E-state index in [2.05, 4.69) is 15.3 Å². The number of hydrogen-bond donors (Lipinski definition) is 1. The van der Waals surface area contributed by atoms with Gasteiger partial charge in [0.25, 0.3) is 0 Å². The third kappa shape index (κ3) is 2.33. The van der Waals surface area contributed by atoms with E-state index >= 15 is 0 Å². The van der Waals surface area contributed by atoms with Crippen molar-refractivity contribution in [2.75, 3.05) is 5.32 Å². The molecule has 4 nitrogen and oxygen atoms in total. The van der Waals surface area contributed by atoms with E-state index in [-0.39, 0.29) is 0 Å². The first-order chi connectivity index (χ1) is 7.66. The van der Waals surface area contributed by atoms with Gasteiger partial charge in [-0.2, -0.15) is 0 Å². The van der Waals surface area contributed by atoms with Crippen LogP contribution in [0.3, 0.4) is 0 Å². The van der Waals surface area contributed by atoms with Gasteiger partial charge in [0.05, 0.1) is 17.3 Å². The summed E-state index contributed by atoms with van der Waals surface area (Å²) in [5.74, 6) is 2.11. The third-order valence-electron chi connectivity index (χ3n) is 2.24. The second-order valence-electron chi connectivity index (χ2n) is 3.44. The summed E-state index contributed by atoms with van der Waals surface area (Å²) in [6.45, 7) is 4.28. The maximum absolute atomic E-state index is 5.95. The van der Waals surface area contributed by atoms with Gasteiger partial charge in [0.15, 0.2) is 0 Å². The van der Waals surface area contributed by atoms with E-state index in [1.165, 1.54) is 0 Å². The number of oxazole rings is 1. The largest absolute Gasteiger partial charge is 0.444 e. The van der Waals surface area contributed by atoms with Crippen molar-refractivity contribution >= 4 is 17.4 Å². The first kappa shape index (κ1) is 11.0. The van der Waals surface area contributed by atoms with E-state index in [1.807, 2.05) is 13.8 Å². The van der Waals surface area contributed by atoms with Gasteiger partial charge in [0.1, 0.15) is 11.6 Å². The van der Waals surface area contributed by atoms with Crippen molar-refractivity contribution in [3.05, 3.63) is 40.7 Å². The quantitative estimate of drug-likeness (QED) is 0.892. The van der Waals surface area contributed by atoms with Gasteiger partial charge >= 0.3 is 0 Å². The molecule has 2 rings (SSSR count). The number of nitrogens with zero attached hydrogens (tertiary/aromatic N) is 2. The molecule has 0 aromatic carbocycles. The highest BCUT2D eigenvalue weighted by Gasteiger charge is 2.06. The van der Waals surface area contributed by atoms with Gasteiger partial charge in [0, 0.05) is 6.20 Å². The molecule has 0 spiro atoms. The highest BCUT2D eigenvalue weighted by atomic mass is 35.5. The zero-order valence-corrected chi connectivity index (χ0v) is 9.88. The molecule has 5 heteroatoms. The monoisotopic (exact) mass is 237 g/mol. The van der Waals surface area contributed by atoms with E-state index in [9.17, 15) is 0 Å². The summed E-state index contributed by atoms with van der Waals surface area (Å²) >= 11 is 5.95. The van der Waals surface area contributed by atoms with E-state index < -0.39 is 0 Å². The van der Waals surface area contributed by atoms with Crippen LogP contribution in [-0.2, 0) is 6.54 Å². The zero-order valence-electron chi connectivity index (χ0n) is 9.12. The minimum Gasteiger partial charge on any atom is -0.444 e. The Labute approximate surface area is 98.7 Å². The van der Waals surface area contributed by atoms with Gasteiger partial charge in [-0.25, -0.2) is 9.97 Å². The summed E-state index contributed by atoms with van der Waals surface area (Å²) in [7, 11) is 0. The fourth-order valence-corrected chi connectivity index (χ4v) is 1.48.